The monoisotopic (exact) mass is 182 g/mol. The molecule has 1 aliphatic carbocycles. The minimum absolute atomic E-state index is 0.0252. The van der Waals surface area contributed by atoms with Crippen LogP contribution in [0.15, 0.2) is 22.5 Å². The summed E-state index contributed by atoms with van der Waals surface area (Å²) in [5.74, 6) is -0.558. The number of hydrogen-bond acceptors (Lipinski definition) is 5. The Morgan fingerprint density at radius 1 is 1.31 bits per heavy atom. The van der Waals surface area contributed by atoms with Crippen molar-refractivity contribution < 1.29 is 15.2 Å². The second kappa shape index (κ2) is 3.01. The fourth-order valence-corrected chi connectivity index (χ4v) is 1.11. The van der Waals surface area contributed by atoms with Crippen molar-refractivity contribution in [3.05, 3.63) is 12.2 Å². The molecule has 70 valence electrons. The van der Waals surface area contributed by atoms with Crippen molar-refractivity contribution in [2.45, 2.75) is 13.8 Å². The Kier molecular flexibility index (Phi) is 2.18. The Labute approximate surface area is 75.0 Å². The molecule has 0 atom stereocenters. The molecule has 0 amide bonds. The van der Waals surface area contributed by atoms with Crippen LogP contribution in [0.2, 0.25) is 0 Å². The molecule has 1 rings (SSSR count). The van der Waals surface area contributed by atoms with Crippen molar-refractivity contribution in [1.82, 2.24) is 0 Å². The summed E-state index contributed by atoms with van der Waals surface area (Å²) in [5, 5.41) is 22.7. The first-order chi connectivity index (χ1) is 6.03. The first-order valence-corrected chi connectivity index (χ1v) is 3.71. The van der Waals surface area contributed by atoms with E-state index in [4.69, 9.17) is 10.4 Å². The maximum Gasteiger partial charge on any atom is 0.233 e. The largest absolute Gasteiger partial charge is 0.411 e. The zero-order chi connectivity index (χ0) is 10.1. The predicted octanol–water partition coefficient (Wildman–Crippen LogP) is 0.812. The predicted molar refractivity (Wildman–Crippen MR) is 46.4 cm³/mol. The average Bonchev–Trinajstić information content (AvgIpc) is 2.04. The van der Waals surface area contributed by atoms with Gasteiger partial charge in [0.05, 0.1) is 0 Å². The number of rotatable bonds is 0. The number of carbonyl (C=O) groups excluding carboxylic acids is 1. The van der Waals surface area contributed by atoms with Crippen LogP contribution >= 0.6 is 0 Å². The molecule has 5 nitrogen and oxygen atoms in total. The van der Waals surface area contributed by atoms with Gasteiger partial charge >= 0.3 is 0 Å². The molecule has 0 aromatic carbocycles. The van der Waals surface area contributed by atoms with E-state index in [0.717, 1.165) is 0 Å². The third kappa shape index (κ3) is 1.44. The highest BCUT2D eigenvalue weighted by atomic mass is 16.4. The summed E-state index contributed by atoms with van der Waals surface area (Å²) in [6.45, 7) is 3.45. The van der Waals surface area contributed by atoms with Gasteiger partial charge in [-0.2, -0.15) is 0 Å². The van der Waals surface area contributed by atoms with E-state index in [2.05, 4.69) is 10.3 Å². The maximum absolute atomic E-state index is 11.4. The van der Waals surface area contributed by atoms with Crippen molar-refractivity contribution in [3.8, 4) is 0 Å². The molecule has 2 N–H and O–H groups in total. The first kappa shape index (κ1) is 9.44. The summed E-state index contributed by atoms with van der Waals surface area (Å²) < 4.78 is 0. The zero-order valence-electron chi connectivity index (χ0n) is 7.35. The summed E-state index contributed by atoms with van der Waals surface area (Å²) in [7, 11) is 0. The number of carbonyl (C=O) groups is 1. The van der Waals surface area contributed by atoms with Crippen molar-refractivity contribution in [2.75, 3.05) is 0 Å². The van der Waals surface area contributed by atoms with Crippen LogP contribution in [0.25, 0.3) is 0 Å². The van der Waals surface area contributed by atoms with Gasteiger partial charge in [0.25, 0.3) is 0 Å². The molecule has 1 aliphatic rings. The molecule has 0 heterocycles. The van der Waals surface area contributed by atoms with Crippen LogP contribution in [0.5, 0.6) is 0 Å². The Morgan fingerprint density at radius 3 is 2.38 bits per heavy atom. The molecule has 0 radical (unpaired) electrons. The Morgan fingerprint density at radius 2 is 1.92 bits per heavy atom. The molecular formula is C8H10N2O3. The summed E-state index contributed by atoms with van der Waals surface area (Å²) in [6, 6.07) is 0. The molecule has 0 aromatic heterocycles. The van der Waals surface area contributed by atoms with E-state index in [1.807, 2.05) is 0 Å². The van der Waals surface area contributed by atoms with Gasteiger partial charge < -0.3 is 10.4 Å². The Balaban J connectivity index is 3.24. The SMILES string of the molecule is CC1(C)C=CC(=NO)C(=O)C1=NO. The third-order valence-corrected chi connectivity index (χ3v) is 1.92. The van der Waals surface area contributed by atoms with Gasteiger partial charge in [0.15, 0.2) is 5.71 Å². The van der Waals surface area contributed by atoms with Crippen LogP contribution in [-0.2, 0) is 4.79 Å². The molecule has 0 saturated carbocycles. The van der Waals surface area contributed by atoms with Gasteiger partial charge in [0.1, 0.15) is 5.71 Å². The number of nitrogens with zero attached hydrogens (tertiary/aromatic N) is 2. The van der Waals surface area contributed by atoms with Crippen molar-refractivity contribution in [1.29, 1.82) is 0 Å². The Bertz CT molecular complexity index is 326. The van der Waals surface area contributed by atoms with Crippen LogP contribution in [-0.4, -0.2) is 27.6 Å². The van der Waals surface area contributed by atoms with Crippen molar-refractivity contribution in [3.63, 3.8) is 0 Å². The number of ketones is 1. The smallest absolute Gasteiger partial charge is 0.233 e. The fraction of sp³-hybridized carbons (Fsp3) is 0.375. The van der Waals surface area contributed by atoms with Gasteiger partial charge in [-0.1, -0.05) is 30.2 Å². The second-order valence-corrected chi connectivity index (χ2v) is 3.32. The van der Waals surface area contributed by atoms with Crippen molar-refractivity contribution >= 4 is 17.2 Å². The summed E-state index contributed by atoms with van der Waals surface area (Å²) in [4.78, 5) is 11.4. The molecule has 0 bridgehead atoms. The molecular weight excluding hydrogens is 172 g/mol. The minimum Gasteiger partial charge on any atom is -0.411 e. The number of Topliss-reactive ketones (excluding diaryl/α,β-unsaturated/α-hetero) is 1. The normalized spacial score (nSPS) is 27.1. The Hall–Kier alpha value is -1.65. The quantitative estimate of drug-likeness (QED) is 0.429. The van der Waals surface area contributed by atoms with Crippen LogP contribution < -0.4 is 0 Å². The van der Waals surface area contributed by atoms with Gasteiger partial charge in [-0.15, -0.1) is 0 Å². The summed E-state index contributed by atoms with van der Waals surface area (Å²) >= 11 is 0. The highest BCUT2D eigenvalue weighted by Crippen LogP contribution is 2.24. The highest BCUT2D eigenvalue weighted by Gasteiger charge is 2.35. The zero-order valence-corrected chi connectivity index (χ0v) is 7.35. The fourth-order valence-electron chi connectivity index (χ4n) is 1.11. The van der Waals surface area contributed by atoms with Crippen LogP contribution in [0.4, 0.5) is 0 Å². The maximum atomic E-state index is 11.4. The molecule has 0 saturated heterocycles. The lowest BCUT2D eigenvalue weighted by molar-refractivity contribution is -0.108. The highest BCUT2D eigenvalue weighted by molar-refractivity contribution is 6.70. The van der Waals surface area contributed by atoms with E-state index in [0.29, 0.717) is 0 Å². The summed E-state index contributed by atoms with van der Waals surface area (Å²) in [6.07, 6.45) is 3.04. The van der Waals surface area contributed by atoms with E-state index in [1.165, 1.54) is 6.08 Å². The van der Waals surface area contributed by atoms with E-state index in [9.17, 15) is 4.79 Å². The molecule has 0 unspecified atom stereocenters. The topological polar surface area (TPSA) is 82.2 Å². The first-order valence-electron chi connectivity index (χ1n) is 3.71. The van der Waals surface area contributed by atoms with E-state index < -0.39 is 11.2 Å². The van der Waals surface area contributed by atoms with Gasteiger partial charge in [-0.05, 0) is 6.08 Å². The second-order valence-electron chi connectivity index (χ2n) is 3.32. The standard InChI is InChI=1S/C8H10N2O3/c1-8(2)4-3-5(9-12)6(11)7(8)10-13/h3-4,12-13H,1-2H3. The molecule has 0 aromatic rings. The van der Waals surface area contributed by atoms with E-state index in [-0.39, 0.29) is 11.4 Å². The van der Waals surface area contributed by atoms with Gasteiger partial charge in [-0.3, -0.25) is 4.79 Å². The number of allylic oxidation sites excluding steroid dienone is 2. The van der Waals surface area contributed by atoms with Gasteiger partial charge in [-0.25, -0.2) is 0 Å². The lowest BCUT2D eigenvalue weighted by Crippen LogP contribution is -2.38. The number of hydrogen-bond donors (Lipinski definition) is 2. The van der Waals surface area contributed by atoms with Gasteiger partial charge in [0, 0.05) is 5.41 Å². The van der Waals surface area contributed by atoms with Crippen LogP contribution in [0, 0.1) is 5.41 Å². The molecule has 0 aliphatic heterocycles. The van der Waals surface area contributed by atoms with E-state index in [1.54, 1.807) is 19.9 Å². The average molecular weight is 182 g/mol. The molecule has 5 heteroatoms. The summed E-state index contributed by atoms with van der Waals surface area (Å²) in [5.41, 5.74) is -0.769. The van der Waals surface area contributed by atoms with Gasteiger partial charge in [0.2, 0.25) is 5.78 Å². The lowest BCUT2D eigenvalue weighted by atomic mass is 9.79. The molecule has 0 fully saturated rings. The van der Waals surface area contributed by atoms with Crippen molar-refractivity contribution in [2.24, 2.45) is 15.7 Å². The minimum atomic E-state index is -0.625. The van der Waals surface area contributed by atoms with Crippen LogP contribution in [0.1, 0.15) is 13.8 Å². The molecule has 0 spiro atoms. The van der Waals surface area contributed by atoms with Crippen LogP contribution in [0.3, 0.4) is 0 Å². The third-order valence-electron chi connectivity index (χ3n) is 1.92. The number of oxime groups is 2. The van der Waals surface area contributed by atoms with E-state index >= 15 is 0 Å². The lowest BCUT2D eigenvalue weighted by Gasteiger charge is -2.23. The molecule has 13 heavy (non-hydrogen) atoms.